The number of hydrogen-bond acceptors (Lipinski definition) is 4. The lowest BCUT2D eigenvalue weighted by Crippen LogP contribution is -2.39. The van der Waals surface area contributed by atoms with Crippen LogP contribution >= 0.6 is 0 Å². The molecule has 116 valence electrons. The Bertz CT molecular complexity index is 803. The minimum absolute atomic E-state index is 0.00736. The Morgan fingerprint density at radius 3 is 2.61 bits per heavy atom. The topological polar surface area (TPSA) is 84.3 Å². The van der Waals surface area contributed by atoms with E-state index in [0.29, 0.717) is 6.42 Å². The van der Waals surface area contributed by atoms with Gasteiger partial charge in [0.1, 0.15) is 0 Å². The van der Waals surface area contributed by atoms with Gasteiger partial charge in [-0.15, -0.1) is 0 Å². The van der Waals surface area contributed by atoms with E-state index in [9.17, 15) is 14.9 Å². The molecule has 1 amide bonds. The van der Waals surface area contributed by atoms with Crippen molar-refractivity contribution in [3.8, 4) is 0 Å². The van der Waals surface area contributed by atoms with Crippen LogP contribution in [0.4, 0.5) is 11.4 Å². The van der Waals surface area contributed by atoms with Crippen LogP contribution in [0.5, 0.6) is 0 Å². The molecule has 2 aromatic carbocycles. The standard InChI is InChI=1S/C17H15N3O3/c21-16-17(13-3-1-2-4-14(13)19-16)9-10-18-15(17)11-5-7-12(8-6-11)20(22)23/h1-8,15,18H,9-10H2,(H,19,21)/t15-,17-/m1/s1. The van der Waals surface area contributed by atoms with Crippen LogP contribution in [0.2, 0.25) is 0 Å². The second-order valence-electron chi connectivity index (χ2n) is 5.96. The lowest BCUT2D eigenvalue weighted by molar-refractivity contribution is -0.384. The normalized spacial score (nSPS) is 25.4. The summed E-state index contributed by atoms with van der Waals surface area (Å²) in [4.78, 5) is 23.2. The molecule has 2 N–H and O–H groups in total. The molecule has 2 aliphatic heterocycles. The summed E-state index contributed by atoms with van der Waals surface area (Å²) >= 11 is 0. The number of amides is 1. The van der Waals surface area contributed by atoms with Crippen molar-refractivity contribution in [2.75, 3.05) is 11.9 Å². The number of nitrogens with zero attached hydrogens (tertiary/aromatic N) is 1. The first-order valence-electron chi connectivity index (χ1n) is 7.51. The third-order valence-corrected chi connectivity index (χ3v) is 4.86. The largest absolute Gasteiger partial charge is 0.325 e. The number of non-ortho nitro benzene ring substituents is 1. The quantitative estimate of drug-likeness (QED) is 0.659. The summed E-state index contributed by atoms with van der Waals surface area (Å²) in [5, 5.41) is 17.2. The van der Waals surface area contributed by atoms with Crippen LogP contribution < -0.4 is 10.6 Å². The zero-order valence-corrected chi connectivity index (χ0v) is 12.3. The lowest BCUT2D eigenvalue weighted by Gasteiger charge is -2.29. The predicted molar refractivity (Wildman–Crippen MR) is 85.2 cm³/mol. The first kappa shape index (κ1) is 13.9. The number of fused-ring (bicyclic) bond motifs is 2. The Labute approximate surface area is 132 Å². The Morgan fingerprint density at radius 1 is 1.13 bits per heavy atom. The summed E-state index contributed by atoms with van der Waals surface area (Å²) in [6.07, 6.45) is 0.706. The Morgan fingerprint density at radius 2 is 1.87 bits per heavy atom. The fourth-order valence-corrected chi connectivity index (χ4v) is 3.80. The van der Waals surface area contributed by atoms with E-state index < -0.39 is 10.3 Å². The molecule has 0 unspecified atom stereocenters. The molecule has 2 aliphatic rings. The minimum Gasteiger partial charge on any atom is -0.325 e. The molecule has 0 saturated carbocycles. The summed E-state index contributed by atoms with van der Waals surface area (Å²) in [6.45, 7) is 0.726. The molecule has 1 fully saturated rings. The number of benzene rings is 2. The van der Waals surface area contributed by atoms with E-state index in [0.717, 1.165) is 23.4 Å². The zero-order chi connectivity index (χ0) is 16.0. The fourth-order valence-electron chi connectivity index (χ4n) is 3.80. The second kappa shape index (κ2) is 4.89. The molecule has 2 aromatic rings. The van der Waals surface area contributed by atoms with Crippen molar-refractivity contribution in [3.63, 3.8) is 0 Å². The van der Waals surface area contributed by atoms with Crippen LogP contribution in [-0.4, -0.2) is 17.4 Å². The minimum atomic E-state index is -0.646. The summed E-state index contributed by atoms with van der Waals surface area (Å²) in [6, 6.07) is 14.0. The smallest absolute Gasteiger partial charge is 0.269 e. The van der Waals surface area contributed by atoms with Crippen LogP contribution in [0.1, 0.15) is 23.6 Å². The summed E-state index contributed by atoms with van der Waals surface area (Å²) in [5.41, 5.74) is 2.15. The number of rotatable bonds is 2. The van der Waals surface area contributed by atoms with Gasteiger partial charge in [-0.2, -0.15) is 0 Å². The molecule has 23 heavy (non-hydrogen) atoms. The molecular formula is C17H15N3O3. The molecule has 6 nitrogen and oxygen atoms in total. The summed E-state index contributed by atoms with van der Waals surface area (Å²) < 4.78 is 0. The molecule has 6 heteroatoms. The van der Waals surface area contributed by atoms with Crippen molar-refractivity contribution in [2.24, 2.45) is 0 Å². The van der Waals surface area contributed by atoms with Gasteiger partial charge in [0.05, 0.1) is 16.4 Å². The first-order valence-corrected chi connectivity index (χ1v) is 7.51. The zero-order valence-electron chi connectivity index (χ0n) is 12.3. The van der Waals surface area contributed by atoms with Crippen LogP contribution in [0.3, 0.4) is 0 Å². The van der Waals surface area contributed by atoms with Crippen molar-refractivity contribution in [3.05, 3.63) is 69.8 Å². The van der Waals surface area contributed by atoms with Crippen LogP contribution in [0.25, 0.3) is 0 Å². The highest BCUT2D eigenvalue weighted by atomic mass is 16.6. The maximum atomic E-state index is 12.8. The molecular weight excluding hydrogens is 294 g/mol. The average Bonchev–Trinajstić information content (AvgIpc) is 3.12. The van der Waals surface area contributed by atoms with Gasteiger partial charge in [-0.3, -0.25) is 14.9 Å². The van der Waals surface area contributed by atoms with Gasteiger partial charge in [0.2, 0.25) is 5.91 Å². The van der Waals surface area contributed by atoms with E-state index in [1.165, 1.54) is 12.1 Å². The van der Waals surface area contributed by atoms with Gasteiger partial charge >= 0.3 is 0 Å². The van der Waals surface area contributed by atoms with Gasteiger partial charge in [-0.25, -0.2) is 0 Å². The fraction of sp³-hybridized carbons (Fsp3) is 0.235. The van der Waals surface area contributed by atoms with Crippen molar-refractivity contribution in [1.82, 2.24) is 5.32 Å². The molecule has 0 radical (unpaired) electrons. The third kappa shape index (κ3) is 1.88. The van der Waals surface area contributed by atoms with Crippen LogP contribution in [0.15, 0.2) is 48.5 Å². The molecule has 0 aromatic heterocycles. The predicted octanol–water partition coefficient (Wildman–Crippen LogP) is 2.52. The number of nitrogens with one attached hydrogen (secondary N) is 2. The van der Waals surface area contributed by atoms with E-state index in [1.807, 2.05) is 24.3 Å². The highest BCUT2D eigenvalue weighted by Gasteiger charge is 2.55. The SMILES string of the molecule is O=C1Nc2ccccc2[C@@]12CCN[C@@H]2c1ccc([N+](=O)[O-])cc1. The highest BCUT2D eigenvalue weighted by molar-refractivity contribution is 6.07. The Kier molecular flexibility index (Phi) is 2.96. The van der Waals surface area contributed by atoms with E-state index in [2.05, 4.69) is 10.6 Å². The van der Waals surface area contributed by atoms with Gasteiger partial charge in [0.15, 0.2) is 0 Å². The van der Waals surface area contributed by atoms with Crippen molar-refractivity contribution >= 4 is 17.3 Å². The third-order valence-electron chi connectivity index (χ3n) is 4.86. The van der Waals surface area contributed by atoms with E-state index >= 15 is 0 Å². The lowest BCUT2D eigenvalue weighted by atomic mass is 9.73. The van der Waals surface area contributed by atoms with Crippen LogP contribution in [-0.2, 0) is 10.2 Å². The van der Waals surface area contributed by atoms with Gasteiger partial charge in [-0.05, 0) is 30.2 Å². The monoisotopic (exact) mass is 309 g/mol. The molecule has 2 heterocycles. The van der Waals surface area contributed by atoms with E-state index in [-0.39, 0.29) is 17.6 Å². The average molecular weight is 309 g/mol. The molecule has 1 saturated heterocycles. The number of para-hydroxylation sites is 1. The van der Waals surface area contributed by atoms with E-state index in [1.54, 1.807) is 12.1 Å². The number of carbonyl (C=O) groups excluding carboxylic acids is 1. The van der Waals surface area contributed by atoms with E-state index in [4.69, 9.17) is 0 Å². The maximum absolute atomic E-state index is 12.8. The first-order chi connectivity index (χ1) is 11.1. The summed E-state index contributed by atoms with van der Waals surface area (Å²) in [5.74, 6) is -0.00736. The van der Waals surface area contributed by atoms with Gasteiger partial charge in [-0.1, -0.05) is 30.3 Å². The van der Waals surface area contributed by atoms with Gasteiger partial charge < -0.3 is 10.6 Å². The van der Waals surface area contributed by atoms with Crippen molar-refractivity contribution in [2.45, 2.75) is 17.9 Å². The van der Waals surface area contributed by atoms with Gasteiger partial charge in [0.25, 0.3) is 5.69 Å². The Hall–Kier alpha value is -2.73. The highest BCUT2D eigenvalue weighted by Crippen LogP contribution is 2.50. The van der Waals surface area contributed by atoms with Crippen LogP contribution in [0, 0.1) is 10.1 Å². The molecule has 0 bridgehead atoms. The number of hydrogen-bond donors (Lipinski definition) is 2. The summed E-state index contributed by atoms with van der Waals surface area (Å²) in [7, 11) is 0. The number of carbonyl (C=O) groups is 1. The maximum Gasteiger partial charge on any atom is 0.269 e. The van der Waals surface area contributed by atoms with Gasteiger partial charge in [0, 0.05) is 17.8 Å². The number of nitro benzene ring substituents is 1. The molecule has 0 aliphatic carbocycles. The van der Waals surface area contributed by atoms with Crippen molar-refractivity contribution in [1.29, 1.82) is 0 Å². The molecule has 1 spiro atoms. The van der Waals surface area contributed by atoms with Crippen molar-refractivity contribution < 1.29 is 9.72 Å². The molecule has 2 atom stereocenters. The number of anilines is 1. The second-order valence-corrected chi connectivity index (χ2v) is 5.96. The molecule has 4 rings (SSSR count). The Balaban J connectivity index is 1.80. The number of nitro groups is 1.